The number of anilines is 1. The topological polar surface area (TPSA) is 92.6 Å². The Morgan fingerprint density at radius 2 is 1.90 bits per heavy atom. The van der Waals surface area contributed by atoms with Crippen LogP contribution in [0.25, 0.3) is 0 Å². The third-order valence-corrected chi connectivity index (χ3v) is 3.74. The largest absolute Gasteiger partial charge is 0.491 e. The van der Waals surface area contributed by atoms with Crippen molar-refractivity contribution in [2.75, 3.05) is 11.9 Å². The van der Waals surface area contributed by atoms with E-state index in [1.165, 1.54) is 0 Å². The molecule has 1 aromatic carbocycles. The van der Waals surface area contributed by atoms with Gasteiger partial charge in [0.25, 0.3) is 0 Å². The number of carbonyl (C=O) groups is 1. The second kappa shape index (κ2) is 9.95. The lowest BCUT2D eigenvalue weighted by Crippen LogP contribution is -2.46. The summed E-state index contributed by atoms with van der Waals surface area (Å²) in [5.74, 6) is 1.21. The van der Waals surface area contributed by atoms with E-state index in [-0.39, 0.29) is 24.1 Å². The van der Waals surface area contributed by atoms with Crippen molar-refractivity contribution in [2.45, 2.75) is 52.8 Å². The van der Waals surface area contributed by atoms with E-state index in [4.69, 9.17) is 4.74 Å². The Balaban J connectivity index is 2.07. The molecule has 1 amide bonds. The number of hydrogen-bond acceptors (Lipinski definition) is 4. The maximum Gasteiger partial charge on any atom is 0.239 e. The number of benzene rings is 1. The first-order chi connectivity index (χ1) is 13.6. The third kappa shape index (κ3) is 8.25. The summed E-state index contributed by atoms with van der Waals surface area (Å²) in [4.78, 5) is 16.7. The van der Waals surface area contributed by atoms with E-state index in [0.29, 0.717) is 12.5 Å². The molecule has 0 saturated heterocycles. The standard InChI is InChI=1S/C21H32N6O2/c1-15(2)29-18-9-7-16(8-10-18)25-20(22-13-17-11-12-24-27(17)6)23-14-19(28)26-21(3,4)5/h7-12,15H,13-14H2,1-6H3,(H,26,28)(H2,22,23,25). The summed E-state index contributed by atoms with van der Waals surface area (Å²) < 4.78 is 7.44. The number of ether oxygens (including phenoxy) is 1. The smallest absolute Gasteiger partial charge is 0.239 e. The minimum absolute atomic E-state index is 0.104. The van der Waals surface area contributed by atoms with Gasteiger partial charge in [0.1, 0.15) is 5.75 Å². The fourth-order valence-corrected chi connectivity index (χ4v) is 2.51. The molecule has 2 rings (SSSR count). The molecule has 0 radical (unpaired) electrons. The van der Waals surface area contributed by atoms with Crippen molar-refractivity contribution in [1.82, 2.24) is 20.4 Å². The van der Waals surface area contributed by atoms with Crippen LogP contribution < -0.4 is 20.7 Å². The summed E-state index contributed by atoms with van der Waals surface area (Å²) in [5, 5.41) is 13.4. The third-order valence-electron chi connectivity index (χ3n) is 3.74. The van der Waals surface area contributed by atoms with Crippen LogP contribution in [-0.2, 0) is 18.4 Å². The molecule has 29 heavy (non-hydrogen) atoms. The van der Waals surface area contributed by atoms with Gasteiger partial charge in [-0.1, -0.05) is 0 Å². The first-order valence-electron chi connectivity index (χ1n) is 9.72. The maximum atomic E-state index is 12.2. The Hall–Kier alpha value is -3.03. The van der Waals surface area contributed by atoms with Gasteiger partial charge in [0.15, 0.2) is 5.96 Å². The highest BCUT2D eigenvalue weighted by atomic mass is 16.5. The maximum absolute atomic E-state index is 12.2. The predicted molar refractivity (Wildman–Crippen MR) is 116 cm³/mol. The SMILES string of the molecule is CC(C)Oc1ccc(NC(=NCc2ccnn2C)NCC(=O)NC(C)(C)C)cc1. The normalized spacial score (nSPS) is 12.0. The van der Waals surface area contributed by atoms with Crippen LogP contribution in [0.2, 0.25) is 0 Å². The van der Waals surface area contributed by atoms with E-state index < -0.39 is 0 Å². The average Bonchev–Trinajstić information content (AvgIpc) is 3.02. The van der Waals surface area contributed by atoms with Crippen molar-refractivity contribution in [3.63, 3.8) is 0 Å². The molecule has 0 unspecified atom stereocenters. The van der Waals surface area contributed by atoms with Crippen LogP contribution in [0.1, 0.15) is 40.3 Å². The zero-order chi connectivity index (χ0) is 21.4. The number of carbonyl (C=O) groups excluding carboxylic acids is 1. The van der Waals surface area contributed by atoms with Gasteiger partial charge in [-0.2, -0.15) is 5.10 Å². The Morgan fingerprint density at radius 1 is 1.21 bits per heavy atom. The molecule has 0 saturated carbocycles. The Morgan fingerprint density at radius 3 is 2.45 bits per heavy atom. The Labute approximate surface area is 172 Å². The van der Waals surface area contributed by atoms with Gasteiger partial charge in [-0.25, -0.2) is 4.99 Å². The molecule has 8 nitrogen and oxygen atoms in total. The first-order valence-corrected chi connectivity index (χ1v) is 9.72. The van der Waals surface area contributed by atoms with Crippen LogP contribution in [0, 0.1) is 0 Å². The summed E-state index contributed by atoms with van der Waals surface area (Å²) >= 11 is 0. The number of nitrogens with one attached hydrogen (secondary N) is 3. The fourth-order valence-electron chi connectivity index (χ4n) is 2.51. The molecule has 2 aromatic rings. The number of hydrogen-bond donors (Lipinski definition) is 3. The fraction of sp³-hybridized carbons (Fsp3) is 0.476. The van der Waals surface area contributed by atoms with Gasteiger partial charge in [0.05, 0.1) is 24.9 Å². The van der Waals surface area contributed by atoms with Gasteiger partial charge in [-0.15, -0.1) is 0 Å². The number of aromatic nitrogens is 2. The molecule has 0 aliphatic carbocycles. The number of nitrogens with zero attached hydrogens (tertiary/aromatic N) is 3. The number of amides is 1. The van der Waals surface area contributed by atoms with Gasteiger partial charge in [0.2, 0.25) is 5.91 Å². The Bertz CT molecular complexity index is 818. The minimum Gasteiger partial charge on any atom is -0.491 e. The molecule has 1 aromatic heterocycles. The summed E-state index contributed by atoms with van der Waals surface area (Å²) in [6, 6.07) is 9.52. The molecular weight excluding hydrogens is 368 g/mol. The van der Waals surface area contributed by atoms with Crippen LogP contribution >= 0.6 is 0 Å². The lowest BCUT2D eigenvalue weighted by Gasteiger charge is -2.21. The van der Waals surface area contributed by atoms with Crippen molar-refractivity contribution >= 4 is 17.6 Å². The lowest BCUT2D eigenvalue weighted by atomic mass is 10.1. The van der Waals surface area contributed by atoms with Crippen LogP contribution in [-0.4, -0.2) is 39.8 Å². The second-order valence-corrected chi connectivity index (χ2v) is 8.08. The monoisotopic (exact) mass is 400 g/mol. The van der Waals surface area contributed by atoms with Crippen molar-refractivity contribution in [1.29, 1.82) is 0 Å². The van der Waals surface area contributed by atoms with E-state index in [1.807, 2.05) is 72.0 Å². The van der Waals surface area contributed by atoms with Crippen LogP contribution in [0.5, 0.6) is 5.75 Å². The lowest BCUT2D eigenvalue weighted by molar-refractivity contribution is -0.121. The van der Waals surface area contributed by atoms with Gasteiger partial charge in [-0.3, -0.25) is 9.48 Å². The van der Waals surface area contributed by atoms with Gasteiger partial charge >= 0.3 is 0 Å². The first kappa shape index (κ1) is 22.3. The minimum atomic E-state index is -0.287. The molecule has 0 aliphatic rings. The molecular formula is C21H32N6O2. The van der Waals surface area contributed by atoms with Crippen molar-refractivity contribution in [2.24, 2.45) is 12.0 Å². The number of aliphatic imine (C=N–C) groups is 1. The van der Waals surface area contributed by atoms with Crippen molar-refractivity contribution in [3.05, 3.63) is 42.2 Å². The highest BCUT2D eigenvalue weighted by Gasteiger charge is 2.14. The van der Waals surface area contributed by atoms with Crippen LogP contribution in [0.3, 0.4) is 0 Å². The molecule has 1 heterocycles. The van der Waals surface area contributed by atoms with E-state index in [0.717, 1.165) is 17.1 Å². The molecule has 3 N–H and O–H groups in total. The van der Waals surface area contributed by atoms with Gasteiger partial charge in [0, 0.05) is 24.5 Å². The zero-order valence-electron chi connectivity index (χ0n) is 18.1. The molecule has 0 bridgehead atoms. The Kier molecular flexibility index (Phi) is 7.64. The summed E-state index contributed by atoms with van der Waals surface area (Å²) in [5.41, 5.74) is 1.52. The number of aryl methyl sites for hydroxylation is 1. The van der Waals surface area contributed by atoms with Gasteiger partial charge < -0.3 is 20.7 Å². The second-order valence-electron chi connectivity index (χ2n) is 8.08. The molecule has 0 aliphatic heterocycles. The summed E-state index contributed by atoms with van der Waals surface area (Å²) in [6.07, 6.45) is 1.85. The van der Waals surface area contributed by atoms with E-state index >= 15 is 0 Å². The van der Waals surface area contributed by atoms with Crippen molar-refractivity contribution < 1.29 is 9.53 Å². The number of rotatable bonds is 7. The molecule has 8 heteroatoms. The molecule has 0 atom stereocenters. The zero-order valence-corrected chi connectivity index (χ0v) is 18.1. The molecule has 158 valence electrons. The average molecular weight is 401 g/mol. The predicted octanol–water partition coefficient (Wildman–Crippen LogP) is 2.68. The van der Waals surface area contributed by atoms with Gasteiger partial charge in [-0.05, 0) is 65.0 Å². The quantitative estimate of drug-likeness (QED) is 0.491. The van der Waals surface area contributed by atoms with E-state index in [1.54, 1.807) is 10.9 Å². The highest BCUT2D eigenvalue weighted by molar-refractivity contribution is 5.96. The molecule has 0 fully saturated rings. The van der Waals surface area contributed by atoms with Crippen LogP contribution in [0.4, 0.5) is 5.69 Å². The summed E-state index contributed by atoms with van der Waals surface area (Å²) in [7, 11) is 1.87. The van der Waals surface area contributed by atoms with E-state index in [2.05, 4.69) is 26.0 Å². The van der Waals surface area contributed by atoms with Crippen LogP contribution in [0.15, 0.2) is 41.5 Å². The summed E-state index contributed by atoms with van der Waals surface area (Å²) in [6.45, 7) is 10.4. The molecule has 0 spiro atoms. The van der Waals surface area contributed by atoms with E-state index in [9.17, 15) is 4.79 Å². The van der Waals surface area contributed by atoms with Crippen molar-refractivity contribution in [3.8, 4) is 5.75 Å². The highest BCUT2D eigenvalue weighted by Crippen LogP contribution is 2.17. The number of guanidine groups is 1.